The summed E-state index contributed by atoms with van der Waals surface area (Å²) in [6, 6.07) is 64.1. The molecule has 0 bridgehead atoms. The second-order valence-electron chi connectivity index (χ2n) is 16.0. The number of hydrogen-bond donors (Lipinski definition) is 0. The van der Waals surface area contributed by atoms with Crippen LogP contribution in [-0.2, 0) is 5.41 Å². The van der Waals surface area contributed by atoms with Crippen LogP contribution < -0.4 is 0 Å². The molecule has 0 saturated heterocycles. The van der Waals surface area contributed by atoms with E-state index in [-0.39, 0.29) is 5.41 Å². The van der Waals surface area contributed by atoms with Crippen molar-refractivity contribution in [2.24, 2.45) is 0 Å². The number of nitrogens with zero attached hydrogens (tertiary/aromatic N) is 4. The molecule has 0 unspecified atom stereocenters. The summed E-state index contributed by atoms with van der Waals surface area (Å²) < 4.78 is 8.83. The molecule has 1 aliphatic carbocycles. The fraction of sp³-hybridized carbons (Fsp3) is 0.0556. The Bertz CT molecular complexity index is 3450. The van der Waals surface area contributed by atoms with Crippen LogP contribution in [0.25, 0.3) is 106 Å². The molecule has 278 valence electrons. The molecule has 59 heavy (non-hydrogen) atoms. The quantitative estimate of drug-likeness (QED) is 0.175. The Hall–Kier alpha value is -7.63. The molecule has 0 amide bonds. The molecular formula is C54H36N4O. The molecule has 0 fully saturated rings. The van der Waals surface area contributed by atoms with Gasteiger partial charge >= 0.3 is 0 Å². The SMILES string of the molecule is CC1(C)c2ccccc2-c2cc3c(cc21)oc1cccc(-c2ccc4c(c2)c2ccccc2n4-c2nc(-c4ccccc4)nc(-c4ccc(-c5ccccc5)cc4)n2)c13. The lowest BCUT2D eigenvalue weighted by atomic mass is 9.82. The van der Waals surface area contributed by atoms with Crippen LogP contribution in [0.15, 0.2) is 186 Å². The highest BCUT2D eigenvalue weighted by Crippen LogP contribution is 2.51. The molecule has 1 aliphatic rings. The van der Waals surface area contributed by atoms with Gasteiger partial charge in [-0.1, -0.05) is 159 Å². The first-order valence-electron chi connectivity index (χ1n) is 20.1. The van der Waals surface area contributed by atoms with Crippen LogP contribution in [0.1, 0.15) is 25.0 Å². The first-order valence-corrected chi connectivity index (χ1v) is 20.1. The number of benzene rings is 8. The van der Waals surface area contributed by atoms with E-state index < -0.39 is 0 Å². The fourth-order valence-corrected chi connectivity index (χ4v) is 9.37. The van der Waals surface area contributed by atoms with Crippen molar-refractivity contribution in [2.75, 3.05) is 0 Å². The third-order valence-electron chi connectivity index (χ3n) is 12.3. The number of para-hydroxylation sites is 1. The van der Waals surface area contributed by atoms with Gasteiger partial charge in [0.25, 0.3) is 0 Å². The topological polar surface area (TPSA) is 56.7 Å². The van der Waals surface area contributed by atoms with Gasteiger partial charge in [-0.05, 0) is 80.9 Å². The Labute approximate surface area is 340 Å². The second-order valence-corrected chi connectivity index (χ2v) is 16.0. The molecule has 8 aromatic carbocycles. The lowest BCUT2D eigenvalue weighted by Crippen LogP contribution is -2.14. The van der Waals surface area contributed by atoms with Crippen molar-refractivity contribution in [3.05, 3.63) is 193 Å². The van der Waals surface area contributed by atoms with E-state index in [1.165, 1.54) is 27.8 Å². The first-order chi connectivity index (χ1) is 29.0. The van der Waals surface area contributed by atoms with Crippen molar-refractivity contribution >= 4 is 43.7 Å². The molecule has 0 saturated carbocycles. The predicted octanol–water partition coefficient (Wildman–Crippen LogP) is 13.8. The average Bonchev–Trinajstić information content (AvgIpc) is 3.91. The van der Waals surface area contributed by atoms with Gasteiger partial charge in [-0.2, -0.15) is 9.97 Å². The third kappa shape index (κ3) is 5.14. The van der Waals surface area contributed by atoms with E-state index in [1.54, 1.807) is 0 Å². The molecular weight excluding hydrogens is 721 g/mol. The maximum Gasteiger partial charge on any atom is 0.238 e. The van der Waals surface area contributed by atoms with Gasteiger partial charge < -0.3 is 4.42 Å². The van der Waals surface area contributed by atoms with Gasteiger partial charge in [-0.15, -0.1) is 0 Å². The van der Waals surface area contributed by atoms with E-state index >= 15 is 0 Å². The van der Waals surface area contributed by atoms with E-state index in [4.69, 9.17) is 19.4 Å². The molecule has 3 aromatic heterocycles. The molecule has 3 heterocycles. The standard InChI is InChI=1S/C54H36N4O/c1-54(2)44-21-11-9-18-39(44)41-31-43-49(32-45(41)54)59-48-23-13-20-38(50(43)48)37-28-29-47-42(30-37)40-19-10-12-22-46(40)58(47)53-56-51(35-16-7-4-8-17-35)55-52(57-53)36-26-24-34(25-27-36)33-14-5-3-6-15-33/h3-32H,1-2H3. The van der Waals surface area contributed by atoms with E-state index in [1.807, 2.05) is 36.4 Å². The minimum Gasteiger partial charge on any atom is -0.456 e. The Morgan fingerprint density at radius 2 is 1.02 bits per heavy atom. The highest BCUT2D eigenvalue weighted by molar-refractivity contribution is 6.16. The van der Waals surface area contributed by atoms with Gasteiger partial charge in [0, 0.05) is 38.1 Å². The summed E-state index contributed by atoms with van der Waals surface area (Å²) in [5.41, 5.74) is 15.4. The molecule has 0 aliphatic heterocycles. The summed E-state index contributed by atoms with van der Waals surface area (Å²) in [6.45, 7) is 4.62. The Balaban J connectivity index is 1.04. The number of rotatable bonds is 5. The summed E-state index contributed by atoms with van der Waals surface area (Å²) >= 11 is 0. The third-order valence-corrected chi connectivity index (χ3v) is 12.3. The van der Waals surface area contributed by atoms with Crippen LogP contribution in [0.3, 0.4) is 0 Å². The summed E-state index contributed by atoms with van der Waals surface area (Å²) in [6.07, 6.45) is 0. The largest absolute Gasteiger partial charge is 0.456 e. The molecule has 5 heteroatoms. The van der Waals surface area contributed by atoms with Crippen molar-refractivity contribution in [3.8, 4) is 62.1 Å². The number of hydrogen-bond acceptors (Lipinski definition) is 4. The van der Waals surface area contributed by atoms with E-state index in [9.17, 15) is 0 Å². The monoisotopic (exact) mass is 756 g/mol. The van der Waals surface area contributed by atoms with Crippen LogP contribution in [0, 0.1) is 0 Å². The number of fused-ring (bicyclic) bond motifs is 9. The molecule has 0 N–H and O–H groups in total. The zero-order valence-electron chi connectivity index (χ0n) is 32.5. The van der Waals surface area contributed by atoms with Crippen molar-refractivity contribution in [3.63, 3.8) is 0 Å². The summed E-state index contributed by atoms with van der Waals surface area (Å²) in [5, 5.41) is 4.51. The second kappa shape index (κ2) is 12.7. The number of aromatic nitrogens is 4. The Morgan fingerprint density at radius 3 is 1.81 bits per heavy atom. The van der Waals surface area contributed by atoms with Crippen LogP contribution in [0.5, 0.6) is 0 Å². The summed E-state index contributed by atoms with van der Waals surface area (Å²) in [5.74, 6) is 1.81. The van der Waals surface area contributed by atoms with Crippen LogP contribution in [-0.4, -0.2) is 19.5 Å². The normalized spacial score (nSPS) is 13.1. The van der Waals surface area contributed by atoms with Gasteiger partial charge in [0.1, 0.15) is 11.2 Å². The Kier molecular flexibility index (Phi) is 7.20. The minimum atomic E-state index is -0.102. The first kappa shape index (κ1) is 33.5. The number of furan rings is 1. The van der Waals surface area contributed by atoms with Gasteiger partial charge in [0.2, 0.25) is 5.95 Å². The van der Waals surface area contributed by atoms with Crippen molar-refractivity contribution in [1.82, 2.24) is 19.5 Å². The maximum atomic E-state index is 6.65. The van der Waals surface area contributed by atoms with E-state index in [0.717, 1.165) is 71.6 Å². The smallest absolute Gasteiger partial charge is 0.238 e. The van der Waals surface area contributed by atoms with Crippen LogP contribution in [0.4, 0.5) is 0 Å². The molecule has 5 nitrogen and oxygen atoms in total. The molecule has 0 atom stereocenters. The molecule has 0 spiro atoms. The fourth-order valence-electron chi connectivity index (χ4n) is 9.37. The highest BCUT2D eigenvalue weighted by Gasteiger charge is 2.36. The summed E-state index contributed by atoms with van der Waals surface area (Å²) in [7, 11) is 0. The highest BCUT2D eigenvalue weighted by atomic mass is 16.3. The minimum absolute atomic E-state index is 0.102. The van der Waals surface area contributed by atoms with Gasteiger partial charge in [-0.3, -0.25) is 4.57 Å². The van der Waals surface area contributed by atoms with Gasteiger partial charge in [0.15, 0.2) is 11.6 Å². The van der Waals surface area contributed by atoms with E-state index in [0.29, 0.717) is 17.6 Å². The van der Waals surface area contributed by atoms with Crippen molar-refractivity contribution in [1.29, 1.82) is 0 Å². The lowest BCUT2D eigenvalue weighted by molar-refractivity contribution is 0.647. The lowest BCUT2D eigenvalue weighted by Gasteiger charge is -2.21. The van der Waals surface area contributed by atoms with Crippen molar-refractivity contribution < 1.29 is 4.42 Å². The predicted molar refractivity (Wildman–Crippen MR) is 241 cm³/mol. The van der Waals surface area contributed by atoms with E-state index in [2.05, 4.69) is 164 Å². The van der Waals surface area contributed by atoms with Gasteiger partial charge in [-0.25, -0.2) is 4.98 Å². The molecule has 11 aromatic rings. The Morgan fingerprint density at radius 1 is 0.407 bits per heavy atom. The average molecular weight is 757 g/mol. The van der Waals surface area contributed by atoms with Gasteiger partial charge in [0.05, 0.1) is 11.0 Å². The molecule has 12 rings (SSSR count). The zero-order chi connectivity index (χ0) is 39.2. The maximum absolute atomic E-state index is 6.65. The summed E-state index contributed by atoms with van der Waals surface area (Å²) in [4.78, 5) is 15.4. The van der Waals surface area contributed by atoms with Crippen molar-refractivity contribution in [2.45, 2.75) is 19.3 Å². The molecule has 0 radical (unpaired) electrons. The zero-order valence-corrected chi connectivity index (χ0v) is 32.5. The van der Waals surface area contributed by atoms with Crippen LogP contribution >= 0.6 is 0 Å². The van der Waals surface area contributed by atoms with Crippen LogP contribution in [0.2, 0.25) is 0 Å².